The number of benzene rings is 3. The van der Waals surface area contributed by atoms with Crippen LogP contribution in [0.25, 0.3) is 43.6 Å². The van der Waals surface area contributed by atoms with E-state index in [1.807, 2.05) is 0 Å². The largest absolute Gasteiger partial charge is 0.386 e. The van der Waals surface area contributed by atoms with Crippen LogP contribution in [0, 0.1) is 23.3 Å². The van der Waals surface area contributed by atoms with Crippen LogP contribution >= 0.6 is 0 Å². The molecule has 8 rings (SSSR count). The summed E-state index contributed by atoms with van der Waals surface area (Å²) in [6.07, 6.45) is -2.90. The first kappa shape index (κ1) is 22.0. The predicted octanol–water partition coefficient (Wildman–Crippen LogP) is 3.92. The summed E-state index contributed by atoms with van der Waals surface area (Å²) in [5.74, 6) is -6.23. The number of imide groups is 1. The third-order valence-corrected chi connectivity index (χ3v) is 7.80. The van der Waals surface area contributed by atoms with Gasteiger partial charge in [-0.05, 0) is 12.1 Å². The molecule has 12 heteroatoms. The number of aliphatic hydroxyl groups excluding tert-OH is 1. The number of aliphatic hydroxyl groups is 1. The molecule has 4 atom stereocenters. The normalized spacial score (nSPS) is 24.9. The molecule has 0 spiro atoms. The van der Waals surface area contributed by atoms with Gasteiger partial charge in [0.15, 0.2) is 29.5 Å². The van der Waals surface area contributed by atoms with E-state index in [-0.39, 0.29) is 67.4 Å². The molecule has 2 aromatic heterocycles. The molecule has 0 aliphatic carbocycles. The van der Waals surface area contributed by atoms with Gasteiger partial charge in [0.25, 0.3) is 11.8 Å². The van der Waals surface area contributed by atoms with E-state index in [0.717, 1.165) is 24.3 Å². The SMILES string of the molecule is O=C1NC(=O)c2c1c1c3cc(F)c(F)cc3[nH]c1c1c2c2cc(F)c(F)cc2n1[C@@H]1O[C@@H]2CO[C@@H](C2)[C@H]1O. The van der Waals surface area contributed by atoms with Gasteiger partial charge in [-0.15, -0.1) is 0 Å². The van der Waals surface area contributed by atoms with Gasteiger partial charge in [0, 0.05) is 45.6 Å². The molecule has 0 saturated carbocycles. The molecular formula is C26H15F4N3O5. The monoisotopic (exact) mass is 525 g/mol. The van der Waals surface area contributed by atoms with Gasteiger partial charge in [0.2, 0.25) is 0 Å². The van der Waals surface area contributed by atoms with Crippen LogP contribution in [0.3, 0.4) is 0 Å². The van der Waals surface area contributed by atoms with Gasteiger partial charge in [-0.25, -0.2) is 17.6 Å². The van der Waals surface area contributed by atoms with Crippen molar-refractivity contribution in [2.75, 3.05) is 6.61 Å². The Morgan fingerprint density at radius 1 is 0.895 bits per heavy atom. The maximum absolute atomic E-state index is 14.6. The molecule has 8 nitrogen and oxygen atoms in total. The van der Waals surface area contributed by atoms with E-state index in [9.17, 15) is 32.3 Å². The standard InChI is InChI=1S/C26H15F4N3O5/c27-10-2-8-14(4-12(10)29)31-21-17(8)19-20(25(36)32-24(19)35)18-9-3-11(28)13(30)5-15(9)33(22(18)21)26-23(34)16-1-7(38-26)6-37-16/h2-5,7,16,23,26,31,34H,1,6H2,(H,32,35,36)/t7-,16-,23+,26+/m0/s1. The lowest BCUT2D eigenvalue weighted by molar-refractivity contribution is -0.146. The molecular weight excluding hydrogens is 510 g/mol. The van der Waals surface area contributed by atoms with Gasteiger partial charge in [-0.2, -0.15) is 0 Å². The molecule has 2 bridgehead atoms. The summed E-state index contributed by atoms with van der Waals surface area (Å²) in [6.45, 7) is 0.227. The van der Waals surface area contributed by atoms with E-state index in [1.165, 1.54) is 4.57 Å². The van der Waals surface area contributed by atoms with Crippen LogP contribution in [0.2, 0.25) is 0 Å². The second-order valence-corrected chi connectivity index (χ2v) is 9.84. The van der Waals surface area contributed by atoms with Crippen molar-refractivity contribution in [1.29, 1.82) is 0 Å². The Labute approximate surface area is 208 Å². The highest BCUT2D eigenvalue weighted by Crippen LogP contribution is 2.47. The molecule has 5 aromatic rings. The quantitative estimate of drug-likeness (QED) is 0.227. The first-order chi connectivity index (χ1) is 18.2. The van der Waals surface area contributed by atoms with Crippen LogP contribution in [0.4, 0.5) is 17.6 Å². The van der Waals surface area contributed by atoms with Crippen molar-refractivity contribution in [3.63, 3.8) is 0 Å². The number of halogens is 4. The molecule has 3 aliphatic rings. The van der Waals surface area contributed by atoms with Crippen molar-refractivity contribution in [2.45, 2.75) is 31.0 Å². The van der Waals surface area contributed by atoms with Crippen LogP contribution in [-0.2, 0) is 9.47 Å². The number of nitrogens with zero attached hydrogens (tertiary/aromatic N) is 1. The average molecular weight is 525 g/mol. The molecule has 3 N–H and O–H groups in total. The number of carbonyl (C=O) groups is 2. The van der Waals surface area contributed by atoms with Gasteiger partial charge in [-0.3, -0.25) is 14.9 Å². The third-order valence-electron chi connectivity index (χ3n) is 7.80. The van der Waals surface area contributed by atoms with Crippen LogP contribution in [0.1, 0.15) is 33.4 Å². The second kappa shape index (κ2) is 7.10. The second-order valence-electron chi connectivity index (χ2n) is 9.84. The van der Waals surface area contributed by atoms with Crippen molar-refractivity contribution in [1.82, 2.24) is 14.9 Å². The van der Waals surface area contributed by atoms with Gasteiger partial charge in [0.05, 0.1) is 46.5 Å². The Morgan fingerprint density at radius 2 is 1.55 bits per heavy atom. The zero-order valence-electron chi connectivity index (χ0n) is 19.1. The number of aromatic amines is 1. The number of hydrogen-bond acceptors (Lipinski definition) is 5. The first-order valence-corrected chi connectivity index (χ1v) is 11.8. The Bertz CT molecular complexity index is 1950. The van der Waals surface area contributed by atoms with Crippen LogP contribution in [0.5, 0.6) is 0 Å². The number of carbonyl (C=O) groups excluding carboxylic acids is 2. The summed E-state index contributed by atoms with van der Waals surface area (Å²) in [6, 6.07) is 3.67. The van der Waals surface area contributed by atoms with Gasteiger partial charge in [-0.1, -0.05) is 0 Å². The van der Waals surface area contributed by atoms with Crippen molar-refractivity contribution in [3.8, 4) is 0 Å². The molecule has 38 heavy (non-hydrogen) atoms. The summed E-state index contributed by atoms with van der Waals surface area (Å²) < 4.78 is 70.9. The molecule has 3 aliphatic heterocycles. The summed E-state index contributed by atoms with van der Waals surface area (Å²) in [4.78, 5) is 29.1. The minimum absolute atomic E-state index is 0.0853. The van der Waals surface area contributed by atoms with Gasteiger partial charge < -0.3 is 24.1 Å². The molecule has 5 heterocycles. The lowest BCUT2D eigenvalue weighted by Crippen LogP contribution is -2.41. The maximum atomic E-state index is 14.6. The van der Waals surface area contributed by atoms with Crippen molar-refractivity contribution in [3.05, 3.63) is 58.7 Å². The van der Waals surface area contributed by atoms with E-state index >= 15 is 0 Å². The van der Waals surface area contributed by atoms with E-state index in [4.69, 9.17) is 9.47 Å². The Balaban J connectivity index is 1.64. The highest BCUT2D eigenvalue weighted by molar-refractivity contribution is 6.39. The highest BCUT2D eigenvalue weighted by atomic mass is 19.2. The van der Waals surface area contributed by atoms with Crippen LogP contribution in [-0.4, -0.2) is 51.4 Å². The Hall–Kier alpha value is -4.00. The average Bonchev–Trinajstić information content (AvgIpc) is 3.60. The summed E-state index contributed by atoms with van der Waals surface area (Å²) in [7, 11) is 0. The highest BCUT2D eigenvalue weighted by Gasteiger charge is 2.46. The number of rotatable bonds is 1. The lowest BCUT2D eigenvalue weighted by Gasteiger charge is -2.34. The third kappa shape index (κ3) is 2.59. The van der Waals surface area contributed by atoms with E-state index in [0.29, 0.717) is 6.42 Å². The Kier molecular flexibility index (Phi) is 4.11. The number of aromatic nitrogens is 2. The van der Waals surface area contributed by atoms with E-state index < -0.39 is 53.5 Å². The number of hydrogen-bond donors (Lipinski definition) is 3. The fourth-order valence-electron chi connectivity index (χ4n) is 6.26. The fourth-order valence-corrected chi connectivity index (χ4v) is 6.26. The minimum atomic E-state index is -1.22. The number of fused-ring (bicyclic) bond motifs is 12. The zero-order valence-corrected chi connectivity index (χ0v) is 19.1. The van der Waals surface area contributed by atoms with Crippen LogP contribution in [0.15, 0.2) is 24.3 Å². The molecule has 0 radical (unpaired) electrons. The van der Waals surface area contributed by atoms with Gasteiger partial charge in [0.1, 0.15) is 6.10 Å². The fraction of sp³-hybridized carbons (Fsp3) is 0.231. The predicted molar refractivity (Wildman–Crippen MR) is 125 cm³/mol. The molecule has 192 valence electrons. The molecule has 3 aromatic carbocycles. The molecule has 2 saturated heterocycles. The van der Waals surface area contributed by atoms with Crippen molar-refractivity contribution < 1.29 is 41.7 Å². The number of nitrogens with one attached hydrogen (secondary N) is 2. The van der Waals surface area contributed by atoms with Crippen molar-refractivity contribution in [2.24, 2.45) is 0 Å². The Morgan fingerprint density at radius 3 is 2.32 bits per heavy atom. The number of amides is 2. The van der Waals surface area contributed by atoms with Crippen molar-refractivity contribution >= 4 is 55.4 Å². The van der Waals surface area contributed by atoms with E-state index in [1.54, 1.807) is 0 Å². The smallest absolute Gasteiger partial charge is 0.259 e. The molecule has 2 amide bonds. The summed E-state index contributed by atoms with van der Waals surface area (Å²) in [5.41, 5.74) is 0.334. The first-order valence-electron chi connectivity index (χ1n) is 11.8. The number of ether oxygens (including phenoxy) is 2. The zero-order chi connectivity index (χ0) is 26.2. The summed E-state index contributed by atoms with van der Waals surface area (Å²) >= 11 is 0. The van der Waals surface area contributed by atoms with Gasteiger partial charge >= 0.3 is 0 Å². The molecule has 2 fully saturated rings. The minimum Gasteiger partial charge on any atom is -0.386 e. The van der Waals surface area contributed by atoms with Crippen LogP contribution < -0.4 is 5.32 Å². The maximum Gasteiger partial charge on any atom is 0.259 e. The topological polar surface area (TPSA) is 106 Å². The lowest BCUT2D eigenvalue weighted by atomic mass is 9.96. The number of H-pyrrole nitrogens is 1. The molecule has 0 unspecified atom stereocenters. The van der Waals surface area contributed by atoms with E-state index in [2.05, 4.69) is 10.3 Å². The summed E-state index contributed by atoms with van der Waals surface area (Å²) in [5, 5.41) is 13.8.